The van der Waals surface area contributed by atoms with E-state index in [4.69, 9.17) is 0 Å². The van der Waals surface area contributed by atoms with E-state index in [0.717, 1.165) is 43.9 Å². The van der Waals surface area contributed by atoms with E-state index in [9.17, 15) is 9.90 Å². The van der Waals surface area contributed by atoms with Crippen LogP contribution in [0.2, 0.25) is 0 Å². The molecule has 0 fully saturated rings. The summed E-state index contributed by atoms with van der Waals surface area (Å²) in [5.74, 6) is -0.314. The Bertz CT molecular complexity index is 486. The Kier molecular flexibility index (Phi) is 5.03. The monoisotopic (exact) mass is 278 g/mol. The normalized spacial score (nSPS) is 14.3. The van der Waals surface area contributed by atoms with Crippen LogP contribution in [0.3, 0.4) is 0 Å². The molecule has 2 rings (SSSR count). The second-order valence-electron chi connectivity index (χ2n) is 4.92. The first-order valence-electron chi connectivity index (χ1n) is 7.20. The number of fused-ring (bicyclic) bond motifs is 1. The SMILES string of the molecule is CCN(CC)CCc1nc2c(c(C(=O)O)n1)CNCC2. The molecule has 6 nitrogen and oxygen atoms in total. The van der Waals surface area contributed by atoms with Crippen LogP contribution in [0.25, 0.3) is 0 Å². The van der Waals surface area contributed by atoms with Gasteiger partial charge < -0.3 is 15.3 Å². The Balaban J connectivity index is 2.21. The van der Waals surface area contributed by atoms with Gasteiger partial charge >= 0.3 is 5.97 Å². The number of nitrogens with zero attached hydrogens (tertiary/aromatic N) is 3. The highest BCUT2D eigenvalue weighted by molar-refractivity contribution is 5.87. The van der Waals surface area contributed by atoms with Crippen molar-refractivity contribution in [2.24, 2.45) is 0 Å². The average molecular weight is 278 g/mol. The Morgan fingerprint density at radius 3 is 2.75 bits per heavy atom. The molecular weight excluding hydrogens is 256 g/mol. The number of likely N-dealkylation sites (N-methyl/N-ethyl adjacent to an activating group) is 1. The summed E-state index contributed by atoms with van der Waals surface area (Å²) in [5.41, 5.74) is 1.80. The second kappa shape index (κ2) is 6.76. The number of hydrogen-bond donors (Lipinski definition) is 2. The summed E-state index contributed by atoms with van der Waals surface area (Å²) in [6.07, 6.45) is 1.47. The van der Waals surface area contributed by atoms with Crippen molar-refractivity contribution in [3.05, 3.63) is 22.8 Å². The van der Waals surface area contributed by atoms with Crippen molar-refractivity contribution < 1.29 is 9.90 Å². The number of aromatic carboxylic acids is 1. The van der Waals surface area contributed by atoms with E-state index in [-0.39, 0.29) is 5.69 Å². The largest absolute Gasteiger partial charge is 0.476 e. The van der Waals surface area contributed by atoms with Crippen LogP contribution in [-0.4, -0.2) is 52.1 Å². The number of carboxylic acid groups (broad SMARTS) is 1. The smallest absolute Gasteiger partial charge is 0.354 e. The Hall–Kier alpha value is -1.53. The fraction of sp³-hybridized carbons (Fsp3) is 0.643. The predicted octanol–water partition coefficient (Wildman–Crippen LogP) is 0.705. The topological polar surface area (TPSA) is 78.4 Å². The van der Waals surface area contributed by atoms with Gasteiger partial charge in [0.15, 0.2) is 5.69 Å². The predicted molar refractivity (Wildman–Crippen MR) is 75.9 cm³/mol. The van der Waals surface area contributed by atoms with Crippen LogP contribution >= 0.6 is 0 Å². The van der Waals surface area contributed by atoms with E-state index >= 15 is 0 Å². The van der Waals surface area contributed by atoms with Gasteiger partial charge in [0.25, 0.3) is 0 Å². The molecule has 0 amide bonds. The van der Waals surface area contributed by atoms with Crippen LogP contribution in [-0.2, 0) is 19.4 Å². The van der Waals surface area contributed by atoms with Crippen LogP contribution in [0, 0.1) is 0 Å². The van der Waals surface area contributed by atoms with E-state index in [1.54, 1.807) is 0 Å². The van der Waals surface area contributed by atoms with Gasteiger partial charge in [-0.15, -0.1) is 0 Å². The highest BCUT2D eigenvalue weighted by Crippen LogP contribution is 2.16. The number of nitrogens with one attached hydrogen (secondary N) is 1. The molecule has 0 aliphatic carbocycles. The van der Waals surface area contributed by atoms with Gasteiger partial charge in [-0.3, -0.25) is 0 Å². The Morgan fingerprint density at radius 1 is 1.35 bits per heavy atom. The van der Waals surface area contributed by atoms with Crippen LogP contribution in [0.1, 0.15) is 41.4 Å². The quantitative estimate of drug-likeness (QED) is 0.798. The maximum Gasteiger partial charge on any atom is 0.354 e. The maximum atomic E-state index is 11.3. The number of carboxylic acids is 1. The van der Waals surface area contributed by atoms with Gasteiger partial charge in [-0.2, -0.15) is 0 Å². The number of rotatable bonds is 6. The van der Waals surface area contributed by atoms with Crippen molar-refractivity contribution in [1.29, 1.82) is 0 Å². The number of hydrogen-bond acceptors (Lipinski definition) is 5. The number of carbonyl (C=O) groups is 1. The van der Waals surface area contributed by atoms with Crippen molar-refractivity contribution in [3.8, 4) is 0 Å². The van der Waals surface area contributed by atoms with Crippen LogP contribution in [0.4, 0.5) is 0 Å². The lowest BCUT2D eigenvalue weighted by Crippen LogP contribution is -2.30. The second-order valence-corrected chi connectivity index (χ2v) is 4.92. The van der Waals surface area contributed by atoms with Crippen LogP contribution in [0.5, 0.6) is 0 Å². The molecule has 6 heteroatoms. The molecule has 2 N–H and O–H groups in total. The number of aromatic nitrogens is 2. The fourth-order valence-electron chi connectivity index (χ4n) is 2.48. The summed E-state index contributed by atoms with van der Waals surface area (Å²) in [7, 11) is 0. The molecule has 2 heterocycles. The molecule has 1 aliphatic heterocycles. The maximum absolute atomic E-state index is 11.3. The van der Waals surface area contributed by atoms with Crippen molar-refractivity contribution in [3.63, 3.8) is 0 Å². The van der Waals surface area contributed by atoms with Gasteiger partial charge in [-0.05, 0) is 13.1 Å². The summed E-state index contributed by atoms with van der Waals surface area (Å²) >= 11 is 0. The van der Waals surface area contributed by atoms with Crippen molar-refractivity contribution in [2.75, 3.05) is 26.2 Å². The van der Waals surface area contributed by atoms with Gasteiger partial charge in [0.1, 0.15) is 5.82 Å². The summed E-state index contributed by atoms with van der Waals surface area (Å²) in [5, 5.41) is 12.5. The summed E-state index contributed by atoms with van der Waals surface area (Å²) in [6.45, 7) is 8.46. The third kappa shape index (κ3) is 3.32. The first-order chi connectivity index (χ1) is 9.65. The van der Waals surface area contributed by atoms with Gasteiger partial charge in [0.2, 0.25) is 0 Å². The molecule has 1 aromatic heterocycles. The third-order valence-electron chi connectivity index (χ3n) is 3.73. The molecule has 0 spiro atoms. The van der Waals surface area contributed by atoms with Crippen LogP contribution in [0.15, 0.2) is 0 Å². The first-order valence-corrected chi connectivity index (χ1v) is 7.20. The van der Waals surface area contributed by atoms with Gasteiger partial charge in [0, 0.05) is 38.0 Å². The lowest BCUT2D eigenvalue weighted by atomic mass is 10.0. The third-order valence-corrected chi connectivity index (χ3v) is 3.73. The van der Waals surface area contributed by atoms with Crippen LogP contribution < -0.4 is 5.32 Å². The molecule has 0 unspecified atom stereocenters. The lowest BCUT2D eigenvalue weighted by molar-refractivity contribution is 0.0687. The van der Waals surface area contributed by atoms with E-state index in [0.29, 0.717) is 18.8 Å². The summed E-state index contributed by atoms with van der Waals surface area (Å²) in [6, 6.07) is 0. The summed E-state index contributed by atoms with van der Waals surface area (Å²) < 4.78 is 0. The molecule has 0 saturated heterocycles. The zero-order valence-electron chi connectivity index (χ0n) is 12.1. The van der Waals surface area contributed by atoms with E-state index in [1.807, 2.05) is 0 Å². The minimum Gasteiger partial charge on any atom is -0.476 e. The molecule has 20 heavy (non-hydrogen) atoms. The van der Waals surface area contributed by atoms with Gasteiger partial charge in [0.05, 0.1) is 5.69 Å². The van der Waals surface area contributed by atoms with E-state index < -0.39 is 5.97 Å². The average Bonchev–Trinajstić information content (AvgIpc) is 2.47. The molecule has 110 valence electrons. The van der Waals surface area contributed by atoms with E-state index in [1.165, 1.54) is 0 Å². The molecule has 0 atom stereocenters. The molecule has 1 aromatic rings. The molecule has 1 aliphatic rings. The Labute approximate surface area is 119 Å². The molecule has 0 bridgehead atoms. The zero-order valence-corrected chi connectivity index (χ0v) is 12.1. The Morgan fingerprint density at radius 2 is 2.10 bits per heavy atom. The zero-order chi connectivity index (χ0) is 14.5. The highest BCUT2D eigenvalue weighted by atomic mass is 16.4. The molecule has 0 saturated carbocycles. The highest BCUT2D eigenvalue weighted by Gasteiger charge is 2.21. The first kappa shape index (κ1) is 14.9. The standard InChI is InChI=1S/C14H22N4O2/c1-3-18(4-2)8-6-12-16-11-5-7-15-9-10(11)13(17-12)14(19)20/h15H,3-9H2,1-2H3,(H,19,20). The van der Waals surface area contributed by atoms with Crippen molar-refractivity contribution in [1.82, 2.24) is 20.2 Å². The van der Waals surface area contributed by atoms with E-state index in [2.05, 4.69) is 34.0 Å². The minimum absolute atomic E-state index is 0.164. The van der Waals surface area contributed by atoms with Gasteiger partial charge in [-0.1, -0.05) is 13.8 Å². The van der Waals surface area contributed by atoms with Gasteiger partial charge in [-0.25, -0.2) is 14.8 Å². The fourth-order valence-corrected chi connectivity index (χ4v) is 2.48. The molecule has 0 radical (unpaired) electrons. The lowest BCUT2D eigenvalue weighted by Gasteiger charge is -2.20. The summed E-state index contributed by atoms with van der Waals surface area (Å²) in [4.78, 5) is 22.4. The van der Waals surface area contributed by atoms with Crippen molar-refractivity contribution >= 4 is 5.97 Å². The minimum atomic E-state index is -0.962. The van der Waals surface area contributed by atoms with Crippen molar-refractivity contribution in [2.45, 2.75) is 33.2 Å². The molecular formula is C14H22N4O2. The molecule has 0 aromatic carbocycles.